The van der Waals surface area contributed by atoms with Gasteiger partial charge in [-0.05, 0) is 51.7 Å². The molecule has 1 saturated carbocycles. The Kier molecular flexibility index (Phi) is 5.15. The first kappa shape index (κ1) is 16.2. The van der Waals surface area contributed by atoms with E-state index >= 15 is 0 Å². The third-order valence-corrected chi connectivity index (χ3v) is 3.42. The lowest BCUT2D eigenvalue weighted by Crippen LogP contribution is -2.53. The fourth-order valence-corrected chi connectivity index (χ4v) is 2.48. The summed E-state index contributed by atoms with van der Waals surface area (Å²) >= 11 is 0. The summed E-state index contributed by atoms with van der Waals surface area (Å²) in [7, 11) is 0. The number of rotatable bonds is 6. The molecule has 0 unspecified atom stereocenters. The topological polar surface area (TPSA) is 30.5 Å². The highest BCUT2D eigenvalue weighted by molar-refractivity contribution is 5.33. The summed E-state index contributed by atoms with van der Waals surface area (Å²) < 4.78 is 11.8. The SMILES string of the molecule is CC(C)COc1cccc(O[C@H]2C[C@@H](NC(C)(C)C)C2)c1. The van der Waals surface area contributed by atoms with Crippen LogP contribution in [0.25, 0.3) is 0 Å². The van der Waals surface area contributed by atoms with Gasteiger partial charge in [-0.15, -0.1) is 0 Å². The molecule has 0 aromatic heterocycles. The monoisotopic (exact) mass is 291 g/mol. The van der Waals surface area contributed by atoms with Crippen molar-refractivity contribution in [2.45, 2.75) is 65.1 Å². The van der Waals surface area contributed by atoms with Gasteiger partial charge in [0.2, 0.25) is 0 Å². The Hall–Kier alpha value is -1.22. The van der Waals surface area contributed by atoms with Crippen LogP contribution in [0.15, 0.2) is 24.3 Å². The van der Waals surface area contributed by atoms with Gasteiger partial charge < -0.3 is 14.8 Å². The normalized spacial score (nSPS) is 22.0. The van der Waals surface area contributed by atoms with Crippen molar-refractivity contribution in [3.05, 3.63) is 24.3 Å². The van der Waals surface area contributed by atoms with Gasteiger partial charge in [0.05, 0.1) is 6.61 Å². The van der Waals surface area contributed by atoms with E-state index < -0.39 is 0 Å². The van der Waals surface area contributed by atoms with E-state index in [2.05, 4.69) is 39.9 Å². The van der Waals surface area contributed by atoms with E-state index in [-0.39, 0.29) is 5.54 Å². The van der Waals surface area contributed by atoms with Crippen molar-refractivity contribution in [3.63, 3.8) is 0 Å². The van der Waals surface area contributed by atoms with Crippen molar-refractivity contribution < 1.29 is 9.47 Å². The van der Waals surface area contributed by atoms with Gasteiger partial charge in [-0.25, -0.2) is 0 Å². The maximum absolute atomic E-state index is 6.02. The van der Waals surface area contributed by atoms with Crippen LogP contribution in [-0.2, 0) is 0 Å². The number of benzene rings is 1. The molecule has 21 heavy (non-hydrogen) atoms. The van der Waals surface area contributed by atoms with Crippen molar-refractivity contribution in [1.29, 1.82) is 0 Å². The maximum atomic E-state index is 6.02. The zero-order valence-corrected chi connectivity index (χ0v) is 14.0. The molecule has 0 saturated heterocycles. The van der Waals surface area contributed by atoms with Gasteiger partial charge in [0.25, 0.3) is 0 Å². The molecule has 1 aromatic carbocycles. The fourth-order valence-electron chi connectivity index (χ4n) is 2.48. The molecule has 0 radical (unpaired) electrons. The zero-order chi connectivity index (χ0) is 15.5. The Morgan fingerprint density at radius 3 is 2.48 bits per heavy atom. The average molecular weight is 291 g/mol. The predicted octanol–water partition coefficient (Wildman–Crippen LogP) is 4.02. The molecule has 0 aliphatic heterocycles. The van der Waals surface area contributed by atoms with Crippen LogP contribution in [-0.4, -0.2) is 24.3 Å². The second-order valence-corrected chi connectivity index (χ2v) is 7.48. The first-order chi connectivity index (χ1) is 9.82. The smallest absolute Gasteiger partial charge is 0.123 e. The number of hydrogen-bond acceptors (Lipinski definition) is 3. The summed E-state index contributed by atoms with van der Waals surface area (Å²) in [5.74, 6) is 2.34. The first-order valence-corrected chi connectivity index (χ1v) is 7.99. The number of nitrogens with one attached hydrogen (secondary N) is 1. The second kappa shape index (κ2) is 6.69. The molecule has 1 N–H and O–H groups in total. The minimum atomic E-state index is 0.181. The third-order valence-electron chi connectivity index (χ3n) is 3.42. The molecule has 1 aromatic rings. The van der Waals surface area contributed by atoms with Gasteiger partial charge >= 0.3 is 0 Å². The Morgan fingerprint density at radius 2 is 1.86 bits per heavy atom. The summed E-state index contributed by atoms with van der Waals surface area (Å²) in [5, 5.41) is 3.61. The lowest BCUT2D eigenvalue weighted by atomic mass is 9.87. The van der Waals surface area contributed by atoms with Gasteiger partial charge in [-0.3, -0.25) is 0 Å². The van der Waals surface area contributed by atoms with E-state index in [1.165, 1.54) is 0 Å². The average Bonchev–Trinajstić information content (AvgIpc) is 2.33. The minimum Gasteiger partial charge on any atom is -0.493 e. The number of ether oxygens (including phenoxy) is 2. The van der Waals surface area contributed by atoms with Crippen molar-refractivity contribution in [2.24, 2.45) is 5.92 Å². The lowest BCUT2D eigenvalue weighted by Gasteiger charge is -2.40. The molecule has 0 heterocycles. The van der Waals surface area contributed by atoms with E-state index in [4.69, 9.17) is 9.47 Å². The Bertz CT molecular complexity index is 445. The summed E-state index contributed by atoms with van der Waals surface area (Å²) in [4.78, 5) is 0. The van der Waals surface area contributed by atoms with Crippen molar-refractivity contribution in [1.82, 2.24) is 5.32 Å². The zero-order valence-electron chi connectivity index (χ0n) is 14.0. The standard InChI is InChI=1S/C18H29NO2/c1-13(2)12-20-15-7-6-8-16(11-15)21-17-9-14(10-17)19-18(3,4)5/h6-8,11,13-14,17,19H,9-10,12H2,1-5H3/t14-,17+. The van der Waals surface area contributed by atoms with E-state index in [0.29, 0.717) is 18.1 Å². The van der Waals surface area contributed by atoms with Crippen LogP contribution >= 0.6 is 0 Å². The molecular formula is C18H29NO2. The van der Waals surface area contributed by atoms with E-state index in [0.717, 1.165) is 30.9 Å². The van der Waals surface area contributed by atoms with Gasteiger partial charge in [0, 0.05) is 17.6 Å². The fraction of sp³-hybridized carbons (Fsp3) is 0.667. The number of hydrogen-bond donors (Lipinski definition) is 1. The Morgan fingerprint density at radius 1 is 1.19 bits per heavy atom. The van der Waals surface area contributed by atoms with Crippen LogP contribution in [0, 0.1) is 5.92 Å². The molecule has 0 atom stereocenters. The first-order valence-electron chi connectivity index (χ1n) is 7.99. The summed E-state index contributed by atoms with van der Waals surface area (Å²) in [6.07, 6.45) is 2.48. The van der Waals surface area contributed by atoms with E-state index in [9.17, 15) is 0 Å². The lowest BCUT2D eigenvalue weighted by molar-refractivity contribution is 0.0731. The van der Waals surface area contributed by atoms with E-state index in [1.807, 2.05) is 24.3 Å². The maximum Gasteiger partial charge on any atom is 0.123 e. The predicted molar refractivity (Wildman–Crippen MR) is 87.1 cm³/mol. The van der Waals surface area contributed by atoms with Crippen molar-refractivity contribution in [2.75, 3.05) is 6.61 Å². The second-order valence-electron chi connectivity index (χ2n) is 7.48. The van der Waals surface area contributed by atoms with Gasteiger partial charge in [-0.1, -0.05) is 19.9 Å². The minimum absolute atomic E-state index is 0.181. The highest BCUT2D eigenvalue weighted by Gasteiger charge is 2.33. The largest absolute Gasteiger partial charge is 0.493 e. The highest BCUT2D eigenvalue weighted by Crippen LogP contribution is 2.29. The highest BCUT2D eigenvalue weighted by atomic mass is 16.5. The molecule has 0 amide bonds. The van der Waals surface area contributed by atoms with Crippen LogP contribution in [0.1, 0.15) is 47.5 Å². The van der Waals surface area contributed by atoms with Crippen LogP contribution in [0.5, 0.6) is 11.5 Å². The third kappa shape index (κ3) is 5.58. The summed E-state index contributed by atoms with van der Waals surface area (Å²) in [6.45, 7) is 11.7. The molecule has 0 bridgehead atoms. The molecule has 3 nitrogen and oxygen atoms in total. The molecule has 1 aliphatic carbocycles. The van der Waals surface area contributed by atoms with Crippen LogP contribution in [0.4, 0.5) is 0 Å². The van der Waals surface area contributed by atoms with Crippen LogP contribution in [0.3, 0.4) is 0 Å². The van der Waals surface area contributed by atoms with E-state index in [1.54, 1.807) is 0 Å². The summed E-state index contributed by atoms with van der Waals surface area (Å²) in [5.41, 5.74) is 0.181. The molecule has 1 fully saturated rings. The molecule has 3 heteroatoms. The molecule has 118 valence electrons. The molecular weight excluding hydrogens is 262 g/mol. The molecule has 1 aliphatic rings. The quantitative estimate of drug-likeness (QED) is 0.858. The summed E-state index contributed by atoms with van der Waals surface area (Å²) in [6, 6.07) is 8.56. The van der Waals surface area contributed by atoms with Gasteiger partial charge in [-0.2, -0.15) is 0 Å². The Labute approximate surface area is 129 Å². The van der Waals surface area contributed by atoms with Gasteiger partial charge in [0.15, 0.2) is 0 Å². The van der Waals surface area contributed by atoms with Crippen molar-refractivity contribution in [3.8, 4) is 11.5 Å². The van der Waals surface area contributed by atoms with Crippen molar-refractivity contribution >= 4 is 0 Å². The van der Waals surface area contributed by atoms with Crippen LogP contribution < -0.4 is 14.8 Å². The Balaban J connectivity index is 1.78. The molecule has 2 rings (SSSR count). The van der Waals surface area contributed by atoms with Gasteiger partial charge in [0.1, 0.15) is 17.6 Å². The van der Waals surface area contributed by atoms with Crippen LogP contribution in [0.2, 0.25) is 0 Å². The molecule has 0 spiro atoms.